The number of nitrogens with one attached hydrogen (secondary N) is 1. The van der Waals surface area contributed by atoms with Gasteiger partial charge in [-0.25, -0.2) is 4.98 Å². The highest BCUT2D eigenvalue weighted by molar-refractivity contribution is 9.10. The molecule has 0 aliphatic rings. The summed E-state index contributed by atoms with van der Waals surface area (Å²) in [6, 6.07) is 12.9. The maximum absolute atomic E-state index is 12.5. The smallest absolute Gasteiger partial charge is 0.289 e. The summed E-state index contributed by atoms with van der Waals surface area (Å²) >= 11 is 3.33. The molecule has 0 saturated carbocycles. The van der Waals surface area contributed by atoms with Crippen molar-refractivity contribution < 1.29 is 4.52 Å². The minimum absolute atomic E-state index is 0.297. The Balaban J connectivity index is 1.61. The van der Waals surface area contributed by atoms with Gasteiger partial charge >= 0.3 is 0 Å². The molecule has 1 aromatic carbocycles. The van der Waals surface area contributed by atoms with Gasteiger partial charge in [0.05, 0.1) is 18.4 Å². The summed E-state index contributed by atoms with van der Waals surface area (Å²) in [6.07, 6.45) is 3.18. The summed E-state index contributed by atoms with van der Waals surface area (Å²) in [7, 11) is 0. The molecule has 0 bridgehead atoms. The summed E-state index contributed by atoms with van der Waals surface area (Å²) in [5.74, 6) is 0.460. The first-order valence-corrected chi connectivity index (χ1v) is 8.30. The van der Waals surface area contributed by atoms with Crippen LogP contribution in [0.2, 0.25) is 0 Å². The van der Waals surface area contributed by atoms with Gasteiger partial charge in [0, 0.05) is 11.6 Å². The van der Waals surface area contributed by atoms with Crippen molar-refractivity contribution in [3.63, 3.8) is 0 Å². The Bertz CT molecular complexity index is 1090. The SMILES string of the molecule is O=c1c(Br)c(NCc2noc3ccccc23)cnn1-c1ccccn1. The summed E-state index contributed by atoms with van der Waals surface area (Å²) in [6.45, 7) is 0.407. The average molecular weight is 398 g/mol. The van der Waals surface area contributed by atoms with Gasteiger partial charge in [-0.3, -0.25) is 4.79 Å². The Morgan fingerprint density at radius 1 is 1.16 bits per heavy atom. The second kappa shape index (κ2) is 6.48. The molecule has 4 aromatic rings. The number of benzene rings is 1. The number of hydrogen-bond donors (Lipinski definition) is 1. The summed E-state index contributed by atoms with van der Waals surface area (Å²) in [5.41, 5.74) is 1.76. The molecule has 0 saturated heterocycles. The van der Waals surface area contributed by atoms with Crippen molar-refractivity contribution in [1.29, 1.82) is 0 Å². The Morgan fingerprint density at radius 3 is 2.84 bits per heavy atom. The minimum atomic E-state index is -0.297. The van der Waals surface area contributed by atoms with E-state index in [2.05, 4.69) is 36.5 Å². The number of aromatic nitrogens is 4. The van der Waals surface area contributed by atoms with Gasteiger partial charge < -0.3 is 9.84 Å². The lowest BCUT2D eigenvalue weighted by Crippen LogP contribution is -2.23. The number of nitrogens with zero attached hydrogens (tertiary/aromatic N) is 4. The topological polar surface area (TPSA) is 85.8 Å². The van der Waals surface area contributed by atoms with Crippen LogP contribution < -0.4 is 10.9 Å². The lowest BCUT2D eigenvalue weighted by Gasteiger charge is -2.09. The van der Waals surface area contributed by atoms with E-state index in [9.17, 15) is 4.79 Å². The fourth-order valence-corrected chi connectivity index (χ4v) is 2.85. The van der Waals surface area contributed by atoms with Crippen LogP contribution in [0.1, 0.15) is 5.69 Å². The van der Waals surface area contributed by atoms with Crippen LogP contribution in [0, 0.1) is 0 Å². The molecule has 25 heavy (non-hydrogen) atoms. The molecule has 0 radical (unpaired) electrons. The van der Waals surface area contributed by atoms with Gasteiger partial charge in [-0.15, -0.1) is 0 Å². The average Bonchev–Trinajstić information content (AvgIpc) is 3.07. The number of hydrogen-bond acceptors (Lipinski definition) is 6. The van der Waals surface area contributed by atoms with E-state index >= 15 is 0 Å². The molecule has 0 atom stereocenters. The van der Waals surface area contributed by atoms with Gasteiger partial charge in [-0.1, -0.05) is 23.4 Å². The maximum atomic E-state index is 12.5. The van der Waals surface area contributed by atoms with E-state index in [0.717, 1.165) is 16.7 Å². The number of fused-ring (bicyclic) bond motifs is 1. The molecule has 0 aliphatic heterocycles. The van der Waals surface area contributed by atoms with E-state index in [1.807, 2.05) is 24.3 Å². The van der Waals surface area contributed by atoms with Crippen LogP contribution in [0.3, 0.4) is 0 Å². The van der Waals surface area contributed by atoms with E-state index in [1.54, 1.807) is 30.6 Å². The zero-order valence-electron chi connectivity index (χ0n) is 12.9. The first-order valence-electron chi connectivity index (χ1n) is 7.50. The Labute approximate surface area is 150 Å². The molecule has 0 amide bonds. The fourth-order valence-electron chi connectivity index (χ4n) is 2.44. The van der Waals surface area contributed by atoms with Crippen molar-refractivity contribution >= 4 is 32.6 Å². The van der Waals surface area contributed by atoms with E-state index in [4.69, 9.17) is 4.52 Å². The van der Waals surface area contributed by atoms with Crippen LogP contribution in [-0.4, -0.2) is 19.9 Å². The number of halogens is 1. The highest BCUT2D eigenvalue weighted by Crippen LogP contribution is 2.21. The quantitative estimate of drug-likeness (QED) is 0.569. The Hall–Kier alpha value is -3.00. The summed E-state index contributed by atoms with van der Waals surface area (Å²) < 4.78 is 6.89. The minimum Gasteiger partial charge on any atom is -0.377 e. The maximum Gasteiger partial charge on any atom is 0.289 e. The van der Waals surface area contributed by atoms with Gasteiger partial charge in [-0.05, 0) is 40.2 Å². The molecule has 1 N–H and O–H groups in total. The van der Waals surface area contributed by atoms with Gasteiger partial charge in [0.15, 0.2) is 11.4 Å². The second-order valence-electron chi connectivity index (χ2n) is 5.26. The molecule has 3 heterocycles. The second-order valence-corrected chi connectivity index (χ2v) is 6.05. The van der Waals surface area contributed by atoms with Gasteiger partial charge in [0.25, 0.3) is 5.56 Å². The van der Waals surface area contributed by atoms with Crippen LogP contribution in [0.15, 0.2) is 68.6 Å². The molecule has 7 nitrogen and oxygen atoms in total. The molecule has 0 aliphatic carbocycles. The summed E-state index contributed by atoms with van der Waals surface area (Å²) in [4.78, 5) is 16.6. The van der Waals surface area contributed by atoms with E-state index in [0.29, 0.717) is 22.5 Å². The molecule has 0 spiro atoms. The first-order chi connectivity index (χ1) is 12.2. The molecule has 0 fully saturated rings. The van der Waals surface area contributed by atoms with Crippen molar-refractivity contribution in [2.24, 2.45) is 0 Å². The molecule has 0 unspecified atom stereocenters. The molecule has 3 aromatic heterocycles. The fraction of sp³-hybridized carbons (Fsp3) is 0.0588. The van der Waals surface area contributed by atoms with E-state index in [-0.39, 0.29) is 5.56 Å². The molecule has 4 rings (SSSR count). The van der Waals surface area contributed by atoms with Gasteiger partial charge in [-0.2, -0.15) is 9.78 Å². The number of rotatable bonds is 4. The van der Waals surface area contributed by atoms with Crippen molar-refractivity contribution in [2.75, 3.05) is 5.32 Å². The largest absolute Gasteiger partial charge is 0.377 e. The van der Waals surface area contributed by atoms with Crippen LogP contribution in [0.25, 0.3) is 16.8 Å². The predicted octanol–water partition coefficient (Wildman–Crippen LogP) is 3.14. The zero-order chi connectivity index (χ0) is 17.2. The number of para-hydroxylation sites is 1. The van der Waals surface area contributed by atoms with Crippen LogP contribution in [-0.2, 0) is 6.54 Å². The van der Waals surface area contributed by atoms with Gasteiger partial charge in [0.1, 0.15) is 10.2 Å². The lowest BCUT2D eigenvalue weighted by molar-refractivity contribution is 0.447. The third kappa shape index (κ3) is 2.91. The van der Waals surface area contributed by atoms with E-state index < -0.39 is 0 Å². The van der Waals surface area contributed by atoms with Crippen molar-refractivity contribution in [1.82, 2.24) is 19.9 Å². The third-order valence-corrected chi connectivity index (χ3v) is 4.45. The monoisotopic (exact) mass is 397 g/mol. The standard InChI is InChI=1S/C17H12BrN5O2/c18-16-13(10-21-23(17(16)24)15-7-3-4-8-19-15)20-9-12-11-5-1-2-6-14(11)25-22-12/h1-8,10,20H,9H2. The Kier molecular flexibility index (Phi) is 4.02. The lowest BCUT2D eigenvalue weighted by atomic mass is 10.2. The molecule has 124 valence electrons. The number of pyridine rings is 1. The van der Waals surface area contributed by atoms with Crippen molar-refractivity contribution in [2.45, 2.75) is 6.54 Å². The highest BCUT2D eigenvalue weighted by atomic mass is 79.9. The van der Waals surface area contributed by atoms with E-state index in [1.165, 1.54) is 4.68 Å². The van der Waals surface area contributed by atoms with Gasteiger partial charge in [0.2, 0.25) is 0 Å². The van der Waals surface area contributed by atoms with Crippen LogP contribution >= 0.6 is 15.9 Å². The van der Waals surface area contributed by atoms with Crippen LogP contribution in [0.4, 0.5) is 5.69 Å². The summed E-state index contributed by atoms with van der Waals surface area (Å²) in [5, 5.41) is 12.3. The third-order valence-electron chi connectivity index (χ3n) is 3.68. The molecular weight excluding hydrogens is 386 g/mol. The zero-order valence-corrected chi connectivity index (χ0v) is 14.5. The van der Waals surface area contributed by atoms with Crippen molar-refractivity contribution in [3.8, 4) is 5.82 Å². The first kappa shape index (κ1) is 15.5. The Morgan fingerprint density at radius 2 is 2.00 bits per heavy atom. The van der Waals surface area contributed by atoms with Crippen LogP contribution in [0.5, 0.6) is 0 Å². The molecular formula is C17H12BrN5O2. The number of anilines is 1. The molecule has 8 heteroatoms. The normalized spacial score (nSPS) is 10.9. The van der Waals surface area contributed by atoms with Crippen molar-refractivity contribution in [3.05, 3.63) is 75.4 Å². The highest BCUT2D eigenvalue weighted by Gasteiger charge is 2.12. The predicted molar refractivity (Wildman–Crippen MR) is 96.7 cm³/mol.